The van der Waals surface area contributed by atoms with Gasteiger partial charge in [0.2, 0.25) is 5.91 Å². The first-order valence-corrected chi connectivity index (χ1v) is 6.21. The van der Waals surface area contributed by atoms with E-state index in [2.05, 4.69) is 19.2 Å². The number of hydrogen-bond acceptors (Lipinski definition) is 2. The van der Waals surface area contributed by atoms with Gasteiger partial charge in [0.15, 0.2) is 0 Å². The Morgan fingerprint density at radius 3 is 2.18 bits per heavy atom. The van der Waals surface area contributed by atoms with Gasteiger partial charge < -0.3 is 11.1 Å². The van der Waals surface area contributed by atoms with E-state index in [0.717, 1.165) is 18.5 Å². The van der Waals surface area contributed by atoms with E-state index in [1.807, 2.05) is 31.2 Å². The third-order valence-electron chi connectivity index (χ3n) is 3.20. The van der Waals surface area contributed by atoms with Crippen LogP contribution in [-0.4, -0.2) is 11.9 Å². The minimum atomic E-state index is -0.285. The molecule has 0 saturated carbocycles. The topological polar surface area (TPSA) is 55.1 Å². The van der Waals surface area contributed by atoms with Crippen molar-refractivity contribution in [2.75, 3.05) is 5.32 Å². The first-order valence-electron chi connectivity index (χ1n) is 6.21. The lowest BCUT2D eigenvalue weighted by Crippen LogP contribution is -2.41. The summed E-state index contributed by atoms with van der Waals surface area (Å²) in [4.78, 5) is 11.5. The van der Waals surface area contributed by atoms with Crippen LogP contribution in [0.2, 0.25) is 0 Å². The van der Waals surface area contributed by atoms with E-state index in [-0.39, 0.29) is 17.9 Å². The highest BCUT2D eigenvalue weighted by atomic mass is 16.1. The molecule has 0 spiro atoms. The van der Waals surface area contributed by atoms with E-state index >= 15 is 0 Å². The summed E-state index contributed by atoms with van der Waals surface area (Å²) in [5, 5.41) is 3.23. The van der Waals surface area contributed by atoms with Gasteiger partial charge in [0, 0.05) is 5.69 Å². The number of anilines is 1. The molecule has 1 aromatic carbocycles. The molecule has 3 N–H and O–H groups in total. The van der Waals surface area contributed by atoms with Gasteiger partial charge in [-0.05, 0) is 25.0 Å². The lowest BCUT2D eigenvalue weighted by molar-refractivity contribution is -0.119. The first-order chi connectivity index (χ1) is 8.08. The van der Waals surface area contributed by atoms with Crippen LogP contribution >= 0.6 is 0 Å². The summed E-state index contributed by atoms with van der Waals surface area (Å²) in [6.07, 6.45) is 1.89. The van der Waals surface area contributed by atoms with Crippen molar-refractivity contribution in [3.8, 4) is 0 Å². The molecule has 0 aliphatic carbocycles. The third-order valence-corrected chi connectivity index (χ3v) is 3.20. The highest BCUT2D eigenvalue weighted by Gasteiger charge is 2.23. The summed E-state index contributed by atoms with van der Waals surface area (Å²) in [5.41, 5.74) is 7.62. The predicted octanol–water partition coefficient (Wildman–Crippen LogP) is 2.70. The van der Waals surface area contributed by atoms with E-state index in [0.29, 0.717) is 0 Å². The van der Waals surface area contributed by atoms with Gasteiger partial charge in [0.1, 0.15) is 6.04 Å². The second-order valence-corrected chi connectivity index (χ2v) is 4.47. The number of rotatable bonds is 6. The van der Waals surface area contributed by atoms with Gasteiger partial charge in [-0.1, -0.05) is 44.4 Å². The van der Waals surface area contributed by atoms with Crippen LogP contribution in [-0.2, 0) is 4.79 Å². The van der Waals surface area contributed by atoms with Gasteiger partial charge in [0.05, 0.1) is 0 Å². The Balaban J connectivity index is 2.79. The van der Waals surface area contributed by atoms with Crippen molar-refractivity contribution in [2.24, 2.45) is 11.7 Å². The lowest BCUT2D eigenvalue weighted by Gasteiger charge is -2.24. The third kappa shape index (κ3) is 3.77. The second-order valence-electron chi connectivity index (χ2n) is 4.47. The molecule has 0 bridgehead atoms. The van der Waals surface area contributed by atoms with Gasteiger partial charge in [-0.15, -0.1) is 0 Å². The molecule has 0 radical (unpaired) electrons. The van der Waals surface area contributed by atoms with Crippen LogP contribution in [0.4, 0.5) is 5.69 Å². The minimum absolute atomic E-state index is 0.278. The molecule has 0 aromatic heterocycles. The van der Waals surface area contributed by atoms with Gasteiger partial charge in [-0.3, -0.25) is 4.79 Å². The molecular formula is C14H22N2O. The molecule has 1 amide bonds. The fraction of sp³-hybridized carbons (Fsp3) is 0.500. The summed E-state index contributed by atoms with van der Waals surface area (Å²) in [6.45, 7) is 6.21. The molecular weight excluding hydrogens is 212 g/mol. The SMILES string of the molecule is CCC(CC)C(Nc1ccc(C)cc1)C(N)=O. The van der Waals surface area contributed by atoms with Crippen LogP contribution in [0, 0.1) is 12.8 Å². The van der Waals surface area contributed by atoms with Gasteiger partial charge >= 0.3 is 0 Å². The molecule has 94 valence electrons. The molecule has 3 nitrogen and oxygen atoms in total. The maximum absolute atomic E-state index is 11.5. The number of hydrogen-bond donors (Lipinski definition) is 2. The molecule has 0 aliphatic heterocycles. The van der Waals surface area contributed by atoms with Crippen LogP contribution in [0.5, 0.6) is 0 Å². The Labute approximate surface area is 103 Å². The number of nitrogens with two attached hydrogens (primary N) is 1. The molecule has 0 fully saturated rings. The Kier molecular flexibility index (Phi) is 5.01. The number of primary amides is 1. The minimum Gasteiger partial charge on any atom is -0.373 e. The molecule has 1 rings (SSSR count). The second kappa shape index (κ2) is 6.28. The summed E-state index contributed by atoms with van der Waals surface area (Å²) in [7, 11) is 0. The average Bonchev–Trinajstić information content (AvgIpc) is 2.31. The number of benzene rings is 1. The number of aryl methyl sites for hydroxylation is 1. The van der Waals surface area contributed by atoms with Crippen molar-refractivity contribution in [1.29, 1.82) is 0 Å². The summed E-state index contributed by atoms with van der Waals surface area (Å²) < 4.78 is 0. The van der Waals surface area contributed by atoms with E-state index in [1.165, 1.54) is 5.56 Å². The Hall–Kier alpha value is -1.51. The largest absolute Gasteiger partial charge is 0.373 e. The van der Waals surface area contributed by atoms with E-state index in [9.17, 15) is 4.79 Å². The van der Waals surface area contributed by atoms with Crippen molar-refractivity contribution in [3.05, 3.63) is 29.8 Å². The highest BCUT2D eigenvalue weighted by molar-refractivity contribution is 5.83. The molecule has 17 heavy (non-hydrogen) atoms. The zero-order chi connectivity index (χ0) is 12.8. The summed E-state index contributed by atoms with van der Waals surface area (Å²) in [6, 6.07) is 7.72. The number of carbonyl (C=O) groups is 1. The van der Waals surface area contributed by atoms with Crippen LogP contribution in [0.1, 0.15) is 32.3 Å². The molecule has 1 unspecified atom stereocenters. The molecule has 0 heterocycles. The predicted molar refractivity (Wildman–Crippen MR) is 71.9 cm³/mol. The molecule has 0 aliphatic rings. The smallest absolute Gasteiger partial charge is 0.240 e. The zero-order valence-electron chi connectivity index (χ0n) is 10.9. The quantitative estimate of drug-likeness (QED) is 0.795. The number of nitrogens with one attached hydrogen (secondary N) is 1. The molecule has 1 aromatic rings. The van der Waals surface area contributed by atoms with Crippen molar-refractivity contribution < 1.29 is 4.79 Å². The van der Waals surface area contributed by atoms with Gasteiger partial charge in [0.25, 0.3) is 0 Å². The van der Waals surface area contributed by atoms with E-state index in [1.54, 1.807) is 0 Å². The lowest BCUT2D eigenvalue weighted by atomic mass is 9.93. The van der Waals surface area contributed by atoms with Gasteiger partial charge in [-0.25, -0.2) is 0 Å². The number of amides is 1. The Morgan fingerprint density at radius 2 is 1.76 bits per heavy atom. The van der Waals surface area contributed by atoms with E-state index in [4.69, 9.17) is 5.73 Å². The summed E-state index contributed by atoms with van der Waals surface area (Å²) in [5.74, 6) is 0.00748. The summed E-state index contributed by atoms with van der Waals surface area (Å²) >= 11 is 0. The molecule has 1 atom stereocenters. The van der Waals surface area contributed by atoms with Crippen molar-refractivity contribution in [3.63, 3.8) is 0 Å². The Bertz CT molecular complexity index is 355. The maximum atomic E-state index is 11.5. The maximum Gasteiger partial charge on any atom is 0.240 e. The van der Waals surface area contributed by atoms with Crippen molar-refractivity contribution in [2.45, 2.75) is 39.7 Å². The number of carbonyl (C=O) groups excluding carboxylic acids is 1. The monoisotopic (exact) mass is 234 g/mol. The van der Waals surface area contributed by atoms with Crippen LogP contribution in [0.3, 0.4) is 0 Å². The fourth-order valence-electron chi connectivity index (χ4n) is 2.01. The normalized spacial score (nSPS) is 12.5. The highest BCUT2D eigenvalue weighted by Crippen LogP contribution is 2.18. The van der Waals surface area contributed by atoms with Crippen molar-refractivity contribution >= 4 is 11.6 Å². The van der Waals surface area contributed by atoms with E-state index < -0.39 is 0 Å². The van der Waals surface area contributed by atoms with Crippen molar-refractivity contribution in [1.82, 2.24) is 0 Å². The molecule has 0 saturated heterocycles. The van der Waals surface area contributed by atoms with Crippen LogP contribution < -0.4 is 11.1 Å². The average molecular weight is 234 g/mol. The molecule has 3 heteroatoms. The Morgan fingerprint density at radius 1 is 1.24 bits per heavy atom. The van der Waals surface area contributed by atoms with Crippen LogP contribution in [0.25, 0.3) is 0 Å². The fourth-order valence-corrected chi connectivity index (χ4v) is 2.01. The van der Waals surface area contributed by atoms with Crippen LogP contribution in [0.15, 0.2) is 24.3 Å². The standard InChI is InChI=1S/C14H22N2O/c1-4-11(5-2)13(14(15)17)16-12-8-6-10(3)7-9-12/h6-9,11,13,16H,4-5H2,1-3H3,(H2,15,17). The first kappa shape index (κ1) is 13.6. The van der Waals surface area contributed by atoms with Gasteiger partial charge in [-0.2, -0.15) is 0 Å². The zero-order valence-corrected chi connectivity index (χ0v) is 10.9.